The fourth-order valence-corrected chi connectivity index (χ4v) is 12.3. The van der Waals surface area contributed by atoms with E-state index in [0.717, 1.165) is 71.6 Å². The minimum atomic E-state index is -1.92. The number of unbranched alkanes of at least 4 members (excludes halogenated alkanes) is 29. The lowest BCUT2D eigenvalue weighted by Gasteiger charge is -2.50. The van der Waals surface area contributed by atoms with Gasteiger partial charge in [0, 0.05) is 13.8 Å². The molecule has 13 N–H and O–H groups in total. The summed E-state index contributed by atoms with van der Waals surface area (Å²) in [5.41, 5.74) is 0. The summed E-state index contributed by atoms with van der Waals surface area (Å²) < 4.78 is 36.9. The molecule has 0 aromatic rings. The maximum absolute atomic E-state index is 13.8. The van der Waals surface area contributed by atoms with E-state index in [1.807, 2.05) is 0 Å². The van der Waals surface area contributed by atoms with Crippen LogP contribution in [0.5, 0.6) is 0 Å². The van der Waals surface area contributed by atoms with Gasteiger partial charge in [0.1, 0.15) is 79.2 Å². The van der Waals surface area contributed by atoms with Gasteiger partial charge < -0.3 is 95.4 Å². The van der Waals surface area contributed by atoms with Gasteiger partial charge in [-0.25, -0.2) is 0 Å². The molecule has 0 aliphatic carbocycles. The predicted molar refractivity (Wildman–Crippen MR) is 334 cm³/mol. The number of hydrogen-bond donors (Lipinski definition) is 13. The first kappa shape index (κ1) is 80.0. The Labute approximate surface area is 527 Å². The molecular formula is C66H125N3O19. The second kappa shape index (κ2) is 46.8. The number of aliphatic hydroxyl groups is 10. The summed E-state index contributed by atoms with van der Waals surface area (Å²) in [5.74, 6) is -1.48. The molecule has 0 unspecified atom stereocenters. The van der Waals surface area contributed by atoms with Crippen LogP contribution in [0.15, 0.2) is 0 Å². The van der Waals surface area contributed by atoms with Crippen LogP contribution in [-0.4, -0.2) is 205 Å². The van der Waals surface area contributed by atoms with Crippen LogP contribution in [0.3, 0.4) is 0 Å². The van der Waals surface area contributed by atoms with Crippen molar-refractivity contribution in [2.24, 2.45) is 5.92 Å². The van der Waals surface area contributed by atoms with Crippen LogP contribution < -0.4 is 16.0 Å². The number of nitrogens with one attached hydrogen (secondary N) is 3. The molecule has 22 heteroatoms. The molecule has 88 heavy (non-hydrogen) atoms. The minimum absolute atomic E-state index is 0.145. The fourth-order valence-electron chi connectivity index (χ4n) is 12.3. The Hall–Kier alpha value is -2.23. The minimum Gasteiger partial charge on any atom is -0.394 e. The van der Waals surface area contributed by atoms with Crippen molar-refractivity contribution in [1.29, 1.82) is 0 Å². The number of carbonyl (C=O) groups is 3. The van der Waals surface area contributed by atoms with E-state index >= 15 is 0 Å². The van der Waals surface area contributed by atoms with Gasteiger partial charge in [0.2, 0.25) is 17.7 Å². The maximum atomic E-state index is 13.8. The van der Waals surface area contributed by atoms with Gasteiger partial charge in [-0.05, 0) is 25.7 Å². The van der Waals surface area contributed by atoms with E-state index in [4.69, 9.17) is 28.4 Å². The van der Waals surface area contributed by atoms with Gasteiger partial charge in [-0.2, -0.15) is 0 Å². The normalized spacial score (nSPS) is 28.9. The zero-order chi connectivity index (χ0) is 64.8. The van der Waals surface area contributed by atoms with Crippen molar-refractivity contribution in [2.75, 3.05) is 19.8 Å². The largest absolute Gasteiger partial charge is 0.394 e. The van der Waals surface area contributed by atoms with E-state index in [2.05, 4.69) is 36.7 Å². The second-order valence-electron chi connectivity index (χ2n) is 26.2. The molecule has 3 amide bonds. The van der Waals surface area contributed by atoms with Gasteiger partial charge in [-0.1, -0.05) is 226 Å². The average molecular weight is 1260 g/mol. The van der Waals surface area contributed by atoms with Crippen LogP contribution in [-0.2, 0) is 42.8 Å². The summed E-state index contributed by atoms with van der Waals surface area (Å²) in [4.78, 5) is 39.4. The van der Waals surface area contributed by atoms with Gasteiger partial charge in [0.25, 0.3) is 0 Å². The Morgan fingerprint density at radius 2 is 0.886 bits per heavy atom. The summed E-state index contributed by atoms with van der Waals surface area (Å²) in [5, 5.41) is 118. The van der Waals surface area contributed by atoms with E-state index in [0.29, 0.717) is 18.8 Å². The molecule has 0 radical (unpaired) electrons. The fraction of sp³-hybridized carbons (Fsp3) is 0.955. The maximum Gasteiger partial charge on any atom is 0.249 e. The molecule has 3 saturated heterocycles. The Bertz CT molecular complexity index is 1790. The van der Waals surface area contributed by atoms with Crippen molar-refractivity contribution in [3.05, 3.63) is 0 Å². The summed E-state index contributed by atoms with van der Waals surface area (Å²) in [7, 11) is 0. The molecule has 0 saturated carbocycles. The van der Waals surface area contributed by atoms with Crippen molar-refractivity contribution < 1.29 is 93.9 Å². The summed E-state index contributed by atoms with van der Waals surface area (Å²) in [6, 6.07) is -4.44. The summed E-state index contributed by atoms with van der Waals surface area (Å²) in [6.07, 6.45) is 12.2. The number of rotatable bonds is 50. The molecule has 0 spiro atoms. The third kappa shape index (κ3) is 30.7. The van der Waals surface area contributed by atoms with Crippen molar-refractivity contribution >= 4 is 17.7 Å². The highest BCUT2D eigenvalue weighted by Crippen LogP contribution is 2.35. The monoisotopic (exact) mass is 1260 g/mol. The molecule has 22 nitrogen and oxygen atoms in total. The van der Waals surface area contributed by atoms with Crippen LogP contribution in [0.25, 0.3) is 0 Å². The first-order valence-corrected chi connectivity index (χ1v) is 34.7. The predicted octanol–water partition coefficient (Wildman–Crippen LogP) is 6.27. The van der Waals surface area contributed by atoms with E-state index < -0.39 is 154 Å². The van der Waals surface area contributed by atoms with Gasteiger partial charge in [-0.15, -0.1) is 0 Å². The second-order valence-corrected chi connectivity index (χ2v) is 26.2. The van der Waals surface area contributed by atoms with Crippen LogP contribution in [0.2, 0.25) is 0 Å². The molecular weight excluding hydrogens is 1140 g/mol. The molecule has 19 atom stereocenters. The van der Waals surface area contributed by atoms with E-state index in [1.54, 1.807) is 0 Å². The molecule has 3 fully saturated rings. The van der Waals surface area contributed by atoms with E-state index in [1.165, 1.54) is 142 Å². The van der Waals surface area contributed by atoms with Crippen molar-refractivity contribution in [3.63, 3.8) is 0 Å². The average Bonchev–Trinajstić information content (AvgIpc) is 0.904. The summed E-state index contributed by atoms with van der Waals surface area (Å²) in [6.45, 7) is 8.11. The third-order valence-electron chi connectivity index (χ3n) is 17.8. The van der Waals surface area contributed by atoms with Crippen LogP contribution >= 0.6 is 0 Å². The first-order chi connectivity index (χ1) is 42.2. The van der Waals surface area contributed by atoms with Crippen LogP contribution in [0, 0.1) is 5.92 Å². The molecule has 3 heterocycles. The molecule has 0 aromatic heterocycles. The molecule has 0 bridgehead atoms. The quantitative estimate of drug-likeness (QED) is 0.0298. The summed E-state index contributed by atoms with van der Waals surface area (Å²) >= 11 is 0. The topological polar surface area (TPSA) is 345 Å². The number of carbonyl (C=O) groups excluding carboxylic acids is 3. The van der Waals surface area contributed by atoms with Gasteiger partial charge in [-0.3, -0.25) is 14.4 Å². The lowest BCUT2D eigenvalue weighted by molar-refractivity contribution is -0.366. The molecule has 0 aromatic carbocycles. The Morgan fingerprint density at radius 1 is 0.466 bits per heavy atom. The molecule has 3 aliphatic rings. The highest BCUT2D eigenvalue weighted by atomic mass is 16.8. The zero-order valence-corrected chi connectivity index (χ0v) is 54.9. The molecule has 3 rings (SSSR count). The van der Waals surface area contributed by atoms with Gasteiger partial charge in [0.05, 0.1) is 38.1 Å². The van der Waals surface area contributed by atoms with Crippen LogP contribution in [0.4, 0.5) is 0 Å². The molecule has 518 valence electrons. The van der Waals surface area contributed by atoms with Crippen LogP contribution in [0.1, 0.15) is 260 Å². The smallest absolute Gasteiger partial charge is 0.249 e. The third-order valence-corrected chi connectivity index (χ3v) is 17.8. The lowest BCUT2D eigenvalue weighted by Crippen LogP contribution is -2.71. The first-order valence-electron chi connectivity index (χ1n) is 34.7. The highest BCUT2D eigenvalue weighted by Gasteiger charge is 2.55. The number of ether oxygens (including phenoxy) is 6. The zero-order valence-electron chi connectivity index (χ0n) is 54.9. The van der Waals surface area contributed by atoms with E-state index in [9.17, 15) is 65.4 Å². The Kier molecular flexibility index (Phi) is 42.5. The molecule has 3 aliphatic heterocycles. The SMILES string of the molecule is CCCCCCCCCCCCCCCCCCCCCCCC[C@@H](O)C(=O)N[C@@H](CO[C@@H]1O[C@H](CO)[C@@H](O[C@@H]2O[C@H](CO)[C@H](O)[C@H](O)[C@H]2NC(C)=O)[C@H](O[C@H]2O[C@H](C)[C@H](O)[C@H](O)[C@H]2O)[C@H]1NC(C)=O)[C@H](O)[C@H](O)CCCCCCCCCCCC(C)C. The van der Waals surface area contributed by atoms with Crippen molar-refractivity contribution in [3.8, 4) is 0 Å². The number of hydrogen-bond acceptors (Lipinski definition) is 19. The highest BCUT2D eigenvalue weighted by molar-refractivity contribution is 5.80. The number of amides is 3. The Morgan fingerprint density at radius 3 is 1.34 bits per heavy atom. The van der Waals surface area contributed by atoms with Crippen molar-refractivity contribution in [2.45, 2.75) is 376 Å². The van der Waals surface area contributed by atoms with Gasteiger partial charge >= 0.3 is 0 Å². The lowest BCUT2D eigenvalue weighted by atomic mass is 9.93. The number of aliphatic hydroxyl groups excluding tert-OH is 10. The standard InChI is InChI=1S/C66H125N3O19/c1-7-8-9-10-11-12-13-14-15-16-17-18-19-20-21-22-23-24-27-31-34-37-40-50(75)63(82)69-48(56(77)49(74)39-36-33-30-28-25-26-29-32-35-38-44(2)3)43-83-64-54(68-47(6)73)62(88-66-60(81)59(80)55(76)45(4)84-66)61(52(42-71)86-64)87-65-53(67-46(5)72)58(79)57(78)51(41-70)85-65/h44-45,48-62,64-66,70-71,74-81H,7-43H2,1-6H3,(H,67,72)(H,68,73)(H,69,82)/t45-,48+,49-,50-,51-,52-,53-,54-,55+,56+,57+,58-,59+,60-,61-,62-,64-,65+,66-/m1/s1. The Balaban J connectivity index is 1.70. The van der Waals surface area contributed by atoms with Crippen molar-refractivity contribution in [1.82, 2.24) is 16.0 Å². The van der Waals surface area contributed by atoms with Gasteiger partial charge in [0.15, 0.2) is 18.9 Å². The van der Waals surface area contributed by atoms with E-state index in [-0.39, 0.29) is 12.8 Å².